The van der Waals surface area contributed by atoms with E-state index >= 15 is 0 Å². The van der Waals surface area contributed by atoms with Gasteiger partial charge in [-0.1, -0.05) is 11.6 Å². The lowest BCUT2D eigenvalue weighted by atomic mass is 10.1. The van der Waals surface area contributed by atoms with Gasteiger partial charge < -0.3 is 15.2 Å². The summed E-state index contributed by atoms with van der Waals surface area (Å²) in [4.78, 5) is 27.1. The fraction of sp³-hybridized carbons (Fsp3) is 0.0714. The highest BCUT2D eigenvalue weighted by Gasteiger charge is 2.16. The first-order valence-corrected chi connectivity index (χ1v) is 6.23. The van der Waals surface area contributed by atoms with E-state index in [4.69, 9.17) is 16.3 Å². The number of ether oxygens (including phenoxy) is 1. The Bertz CT molecular complexity index is 703. The molecule has 0 fully saturated rings. The number of amides is 1. The van der Waals surface area contributed by atoms with E-state index in [-0.39, 0.29) is 21.8 Å². The average molecular weight is 307 g/mol. The number of methoxy groups -OCH3 is 1. The van der Waals surface area contributed by atoms with Crippen LogP contribution in [0.5, 0.6) is 5.75 Å². The Labute approximate surface area is 125 Å². The van der Waals surface area contributed by atoms with Gasteiger partial charge in [0.2, 0.25) is 0 Å². The van der Waals surface area contributed by atoms with Gasteiger partial charge in [-0.3, -0.25) is 9.78 Å². The van der Waals surface area contributed by atoms with Crippen molar-refractivity contribution in [1.29, 1.82) is 0 Å². The number of hydrogen-bond acceptors (Lipinski definition) is 4. The van der Waals surface area contributed by atoms with Gasteiger partial charge in [-0.05, 0) is 24.3 Å². The molecule has 0 spiro atoms. The van der Waals surface area contributed by atoms with Crippen molar-refractivity contribution in [2.75, 3.05) is 12.4 Å². The molecule has 6 nitrogen and oxygen atoms in total. The van der Waals surface area contributed by atoms with Crippen molar-refractivity contribution < 1.29 is 19.4 Å². The quantitative estimate of drug-likeness (QED) is 0.906. The summed E-state index contributed by atoms with van der Waals surface area (Å²) in [7, 11) is 1.43. The van der Waals surface area contributed by atoms with Gasteiger partial charge in [-0.25, -0.2) is 4.79 Å². The SMILES string of the molecule is COc1ccc(NC(=O)c2ccncc2Cl)c(C(=O)O)c1. The number of carbonyl (C=O) groups is 2. The van der Waals surface area contributed by atoms with Crippen LogP contribution in [0.3, 0.4) is 0 Å². The molecule has 0 saturated heterocycles. The second-order valence-electron chi connectivity index (χ2n) is 4.03. The van der Waals surface area contributed by atoms with E-state index in [1.54, 1.807) is 6.07 Å². The molecule has 21 heavy (non-hydrogen) atoms. The smallest absolute Gasteiger partial charge is 0.337 e. The number of aromatic nitrogens is 1. The molecular weight excluding hydrogens is 296 g/mol. The maximum absolute atomic E-state index is 12.1. The Balaban J connectivity index is 2.33. The van der Waals surface area contributed by atoms with E-state index in [1.165, 1.54) is 37.7 Å². The first-order valence-electron chi connectivity index (χ1n) is 5.85. The molecule has 2 aromatic rings. The number of carbonyl (C=O) groups excluding carboxylic acids is 1. The van der Waals surface area contributed by atoms with Gasteiger partial charge in [-0.2, -0.15) is 0 Å². The van der Waals surface area contributed by atoms with E-state index in [9.17, 15) is 14.7 Å². The number of aromatic carboxylic acids is 1. The van der Waals surface area contributed by atoms with Gasteiger partial charge in [0.15, 0.2) is 0 Å². The number of carboxylic acid groups (broad SMARTS) is 1. The van der Waals surface area contributed by atoms with Gasteiger partial charge in [0, 0.05) is 12.4 Å². The largest absolute Gasteiger partial charge is 0.497 e. The van der Waals surface area contributed by atoms with Crippen molar-refractivity contribution in [2.45, 2.75) is 0 Å². The molecule has 7 heteroatoms. The van der Waals surface area contributed by atoms with Gasteiger partial charge in [0.1, 0.15) is 5.75 Å². The van der Waals surface area contributed by atoms with Crippen molar-refractivity contribution in [2.24, 2.45) is 0 Å². The van der Waals surface area contributed by atoms with Crippen LogP contribution in [0, 0.1) is 0 Å². The first-order chi connectivity index (χ1) is 10.0. The van der Waals surface area contributed by atoms with Gasteiger partial charge in [0.25, 0.3) is 5.91 Å². The van der Waals surface area contributed by atoms with Crippen molar-refractivity contribution >= 4 is 29.2 Å². The summed E-state index contributed by atoms with van der Waals surface area (Å²) in [5.74, 6) is -1.31. The molecule has 1 amide bonds. The molecule has 0 aliphatic carbocycles. The van der Waals surface area contributed by atoms with Gasteiger partial charge in [0.05, 0.1) is 28.9 Å². The number of pyridine rings is 1. The summed E-state index contributed by atoms with van der Waals surface area (Å²) in [5, 5.41) is 11.9. The third kappa shape index (κ3) is 3.29. The van der Waals surface area contributed by atoms with Crippen molar-refractivity contribution in [3.8, 4) is 5.75 Å². The molecule has 1 aromatic heterocycles. The molecule has 2 rings (SSSR count). The van der Waals surface area contributed by atoms with E-state index < -0.39 is 11.9 Å². The highest BCUT2D eigenvalue weighted by molar-refractivity contribution is 6.34. The molecule has 1 aromatic carbocycles. The summed E-state index contributed by atoms with van der Waals surface area (Å²) in [6.07, 6.45) is 2.76. The monoisotopic (exact) mass is 306 g/mol. The standard InChI is InChI=1S/C14H11ClN2O4/c1-21-8-2-3-12(10(6-8)14(19)20)17-13(18)9-4-5-16-7-11(9)15/h2-7H,1H3,(H,17,18)(H,19,20). The Morgan fingerprint density at radius 3 is 2.67 bits per heavy atom. The van der Waals surface area contributed by atoms with Gasteiger partial charge >= 0.3 is 5.97 Å². The third-order valence-corrected chi connectivity index (χ3v) is 3.02. The lowest BCUT2D eigenvalue weighted by Gasteiger charge is -2.10. The summed E-state index contributed by atoms with van der Waals surface area (Å²) in [6.45, 7) is 0. The van der Waals surface area contributed by atoms with E-state index in [0.717, 1.165) is 0 Å². The molecule has 0 bridgehead atoms. The lowest BCUT2D eigenvalue weighted by Crippen LogP contribution is -2.15. The Morgan fingerprint density at radius 1 is 1.29 bits per heavy atom. The van der Waals surface area contributed by atoms with E-state index in [2.05, 4.69) is 10.3 Å². The minimum Gasteiger partial charge on any atom is -0.497 e. The average Bonchev–Trinajstić information content (AvgIpc) is 2.47. The van der Waals surface area contributed by atoms with Crippen LogP contribution in [0.15, 0.2) is 36.7 Å². The number of benzene rings is 1. The van der Waals surface area contributed by atoms with Crippen molar-refractivity contribution in [1.82, 2.24) is 4.98 Å². The van der Waals surface area contributed by atoms with E-state index in [0.29, 0.717) is 5.75 Å². The second-order valence-corrected chi connectivity index (χ2v) is 4.43. The van der Waals surface area contributed by atoms with E-state index in [1.807, 2.05) is 0 Å². The number of rotatable bonds is 4. The summed E-state index contributed by atoms with van der Waals surface area (Å²) in [6, 6.07) is 5.78. The predicted molar refractivity (Wildman–Crippen MR) is 77.2 cm³/mol. The molecule has 0 aliphatic rings. The van der Waals surface area contributed by atoms with Crippen LogP contribution >= 0.6 is 11.6 Å². The molecule has 1 heterocycles. The topological polar surface area (TPSA) is 88.5 Å². The van der Waals surface area contributed by atoms with Gasteiger partial charge in [-0.15, -0.1) is 0 Å². The third-order valence-electron chi connectivity index (χ3n) is 2.72. The fourth-order valence-electron chi connectivity index (χ4n) is 1.69. The number of anilines is 1. The predicted octanol–water partition coefficient (Wildman–Crippen LogP) is 2.69. The highest BCUT2D eigenvalue weighted by atomic mass is 35.5. The maximum Gasteiger partial charge on any atom is 0.337 e. The van der Waals surface area contributed by atoms with Crippen LogP contribution in [-0.2, 0) is 0 Å². The summed E-state index contributed by atoms with van der Waals surface area (Å²) < 4.78 is 4.96. The number of nitrogens with one attached hydrogen (secondary N) is 1. The van der Waals surface area contributed by atoms with Crippen LogP contribution in [0.25, 0.3) is 0 Å². The van der Waals surface area contributed by atoms with Crippen molar-refractivity contribution in [3.05, 3.63) is 52.8 Å². The minimum atomic E-state index is -1.18. The zero-order valence-corrected chi connectivity index (χ0v) is 11.7. The summed E-state index contributed by atoms with van der Waals surface area (Å²) >= 11 is 5.88. The van der Waals surface area contributed by atoms with Crippen molar-refractivity contribution in [3.63, 3.8) is 0 Å². The Morgan fingerprint density at radius 2 is 2.05 bits per heavy atom. The fourth-order valence-corrected chi connectivity index (χ4v) is 1.89. The Kier molecular flexibility index (Phi) is 4.39. The molecule has 0 atom stereocenters. The molecule has 108 valence electrons. The Hall–Kier alpha value is -2.60. The van der Waals surface area contributed by atoms with Crippen LogP contribution in [-0.4, -0.2) is 29.1 Å². The van der Waals surface area contributed by atoms with Crippen LogP contribution in [0.1, 0.15) is 20.7 Å². The molecule has 2 N–H and O–H groups in total. The van der Waals surface area contributed by atoms with Crippen LogP contribution in [0.2, 0.25) is 5.02 Å². The normalized spacial score (nSPS) is 10.0. The molecule has 0 radical (unpaired) electrons. The minimum absolute atomic E-state index is 0.0760. The highest BCUT2D eigenvalue weighted by Crippen LogP contribution is 2.23. The van der Waals surface area contributed by atoms with Crippen LogP contribution < -0.4 is 10.1 Å². The number of hydrogen-bond donors (Lipinski definition) is 2. The first kappa shape index (κ1) is 14.8. The maximum atomic E-state index is 12.1. The van der Waals surface area contributed by atoms with Crippen LogP contribution in [0.4, 0.5) is 5.69 Å². The lowest BCUT2D eigenvalue weighted by molar-refractivity contribution is 0.0697. The summed E-state index contributed by atoms with van der Waals surface area (Å²) in [5.41, 5.74) is 0.285. The second kappa shape index (κ2) is 6.23. The molecule has 0 unspecified atom stereocenters. The molecule has 0 saturated carbocycles. The molecule has 0 aliphatic heterocycles. The zero-order chi connectivity index (χ0) is 15.4. The number of nitrogens with zero attached hydrogens (tertiary/aromatic N) is 1. The molecular formula is C14H11ClN2O4. The zero-order valence-electron chi connectivity index (χ0n) is 11.0. The number of carboxylic acids is 1. The number of halogens is 1.